The lowest BCUT2D eigenvalue weighted by Crippen LogP contribution is -2.22. The predicted molar refractivity (Wildman–Crippen MR) is 106 cm³/mol. The minimum atomic E-state index is -0.141. The molecule has 1 aliphatic carbocycles. The quantitative estimate of drug-likeness (QED) is 0.779. The zero-order valence-electron chi connectivity index (χ0n) is 16.1. The maximum absolute atomic E-state index is 12.4. The third kappa shape index (κ3) is 4.27. The second kappa shape index (κ2) is 8.66. The lowest BCUT2D eigenvalue weighted by Gasteiger charge is -2.20. The summed E-state index contributed by atoms with van der Waals surface area (Å²) in [5.41, 5.74) is 4.36. The van der Waals surface area contributed by atoms with Crippen molar-refractivity contribution in [2.45, 2.75) is 25.7 Å². The summed E-state index contributed by atoms with van der Waals surface area (Å²) in [6, 6.07) is 9.68. The summed E-state index contributed by atoms with van der Waals surface area (Å²) in [5, 5.41) is 6.15. The van der Waals surface area contributed by atoms with Gasteiger partial charge in [0.15, 0.2) is 11.5 Å². The Bertz CT molecular complexity index is 795. The Morgan fingerprint density at radius 3 is 2.37 bits per heavy atom. The normalized spacial score (nSPS) is 12.7. The molecule has 0 saturated heterocycles. The minimum Gasteiger partial charge on any atom is -0.493 e. The zero-order chi connectivity index (χ0) is 19.2. The Balaban J connectivity index is 1.68. The van der Waals surface area contributed by atoms with Gasteiger partial charge in [0.05, 0.1) is 27.9 Å². The highest BCUT2D eigenvalue weighted by Gasteiger charge is 2.16. The van der Waals surface area contributed by atoms with Gasteiger partial charge in [0.25, 0.3) is 0 Å². The summed E-state index contributed by atoms with van der Waals surface area (Å²) in [5.74, 6) is 1.35. The number of ether oxygens (including phenoxy) is 3. The fourth-order valence-electron chi connectivity index (χ4n) is 3.48. The van der Waals surface area contributed by atoms with Crippen LogP contribution in [0.15, 0.2) is 30.3 Å². The van der Waals surface area contributed by atoms with Crippen LogP contribution in [0.2, 0.25) is 0 Å². The van der Waals surface area contributed by atoms with E-state index >= 15 is 0 Å². The van der Waals surface area contributed by atoms with Crippen molar-refractivity contribution in [1.29, 1.82) is 0 Å². The van der Waals surface area contributed by atoms with Crippen LogP contribution < -0.4 is 24.8 Å². The Kier molecular flexibility index (Phi) is 6.06. The average molecular weight is 370 g/mol. The summed E-state index contributed by atoms with van der Waals surface area (Å²) in [7, 11) is 4.63. The smallest absolute Gasteiger partial charge is 0.243 e. The minimum absolute atomic E-state index is 0.141. The van der Waals surface area contributed by atoms with Crippen molar-refractivity contribution >= 4 is 17.3 Å². The molecule has 0 aromatic heterocycles. The molecule has 2 aromatic carbocycles. The Morgan fingerprint density at radius 1 is 1.00 bits per heavy atom. The topological polar surface area (TPSA) is 68.8 Å². The van der Waals surface area contributed by atoms with E-state index in [-0.39, 0.29) is 12.5 Å². The molecule has 2 aromatic rings. The van der Waals surface area contributed by atoms with Crippen molar-refractivity contribution in [2.24, 2.45) is 0 Å². The van der Waals surface area contributed by atoms with Crippen molar-refractivity contribution in [2.75, 3.05) is 38.5 Å². The van der Waals surface area contributed by atoms with Crippen LogP contribution in [0.1, 0.15) is 24.0 Å². The van der Waals surface area contributed by atoms with Gasteiger partial charge in [0.2, 0.25) is 11.7 Å². The van der Waals surface area contributed by atoms with Crippen molar-refractivity contribution in [3.05, 3.63) is 41.5 Å². The maximum Gasteiger partial charge on any atom is 0.243 e. The molecule has 1 amide bonds. The third-order valence-electron chi connectivity index (χ3n) is 4.78. The molecule has 144 valence electrons. The lowest BCUT2D eigenvalue weighted by molar-refractivity contribution is -0.114. The number of amides is 1. The molecule has 6 nitrogen and oxygen atoms in total. The maximum atomic E-state index is 12.4. The van der Waals surface area contributed by atoms with E-state index < -0.39 is 0 Å². The second-order valence-electron chi connectivity index (χ2n) is 6.47. The van der Waals surface area contributed by atoms with Gasteiger partial charge >= 0.3 is 0 Å². The number of benzene rings is 2. The standard InChI is InChI=1S/C21H26N2O4/c1-25-18-11-15(12-19(26-2)21(18)27-3)23-20(24)13-22-17-10-6-8-14-7-4-5-9-16(14)17/h6,8,10-12,22H,4-5,7,9,13H2,1-3H3,(H,23,24). The fraction of sp³-hybridized carbons (Fsp3) is 0.381. The molecule has 0 unspecified atom stereocenters. The van der Waals surface area contributed by atoms with Crippen molar-refractivity contribution in [3.8, 4) is 17.2 Å². The van der Waals surface area contributed by atoms with Gasteiger partial charge in [-0.1, -0.05) is 12.1 Å². The van der Waals surface area contributed by atoms with Gasteiger partial charge < -0.3 is 24.8 Å². The highest BCUT2D eigenvalue weighted by Crippen LogP contribution is 2.39. The van der Waals surface area contributed by atoms with E-state index in [0.717, 1.165) is 18.5 Å². The number of nitrogens with one attached hydrogen (secondary N) is 2. The monoisotopic (exact) mass is 370 g/mol. The number of anilines is 2. The van der Waals surface area contributed by atoms with E-state index in [1.54, 1.807) is 33.5 Å². The summed E-state index contributed by atoms with van der Waals surface area (Å²) >= 11 is 0. The molecular weight excluding hydrogens is 344 g/mol. The number of rotatable bonds is 7. The van der Waals surface area contributed by atoms with Crippen LogP contribution >= 0.6 is 0 Å². The Hall–Kier alpha value is -2.89. The van der Waals surface area contributed by atoms with Gasteiger partial charge in [0.1, 0.15) is 0 Å². The van der Waals surface area contributed by atoms with Gasteiger partial charge in [-0.25, -0.2) is 0 Å². The molecule has 0 aliphatic heterocycles. The van der Waals surface area contributed by atoms with Crippen LogP contribution in [0.5, 0.6) is 17.2 Å². The number of aryl methyl sites for hydroxylation is 1. The number of hydrogen-bond donors (Lipinski definition) is 2. The predicted octanol–water partition coefficient (Wildman–Crippen LogP) is 3.64. The lowest BCUT2D eigenvalue weighted by atomic mass is 9.90. The van der Waals surface area contributed by atoms with Crippen LogP contribution in [-0.4, -0.2) is 33.8 Å². The average Bonchev–Trinajstić information content (AvgIpc) is 2.71. The molecule has 0 spiro atoms. The molecule has 0 heterocycles. The Labute approximate surface area is 159 Å². The van der Waals surface area contributed by atoms with Crippen LogP contribution in [0.4, 0.5) is 11.4 Å². The SMILES string of the molecule is COc1cc(NC(=O)CNc2cccc3c2CCCC3)cc(OC)c1OC. The highest BCUT2D eigenvalue weighted by molar-refractivity contribution is 5.94. The van der Waals surface area contributed by atoms with E-state index in [1.165, 1.54) is 24.0 Å². The van der Waals surface area contributed by atoms with E-state index in [2.05, 4.69) is 16.7 Å². The Morgan fingerprint density at radius 2 is 1.70 bits per heavy atom. The van der Waals surface area contributed by atoms with Crippen molar-refractivity contribution in [3.63, 3.8) is 0 Å². The first-order valence-corrected chi connectivity index (χ1v) is 9.10. The number of carbonyl (C=O) groups excluding carboxylic acids is 1. The highest BCUT2D eigenvalue weighted by atomic mass is 16.5. The van der Waals surface area contributed by atoms with Gasteiger partial charge in [0, 0.05) is 23.5 Å². The number of fused-ring (bicyclic) bond motifs is 1. The molecule has 1 aliphatic rings. The zero-order valence-corrected chi connectivity index (χ0v) is 16.1. The van der Waals surface area contributed by atoms with Crippen LogP contribution in [0.25, 0.3) is 0 Å². The van der Waals surface area contributed by atoms with Gasteiger partial charge in [-0.2, -0.15) is 0 Å². The molecular formula is C21H26N2O4. The van der Waals surface area contributed by atoms with Crippen LogP contribution in [0.3, 0.4) is 0 Å². The number of hydrogen-bond acceptors (Lipinski definition) is 5. The first-order chi connectivity index (χ1) is 13.2. The second-order valence-corrected chi connectivity index (χ2v) is 6.47. The molecule has 0 bridgehead atoms. The summed E-state index contributed by atoms with van der Waals surface area (Å²) in [4.78, 5) is 12.4. The van der Waals surface area contributed by atoms with E-state index in [0.29, 0.717) is 22.9 Å². The first kappa shape index (κ1) is 18.9. The number of methoxy groups -OCH3 is 3. The molecule has 0 atom stereocenters. The van der Waals surface area contributed by atoms with Crippen molar-refractivity contribution in [1.82, 2.24) is 0 Å². The summed E-state index contributed by atoms with van der Waals surface area (Å²) in [6.45, 7) is 0.188. The number of carbonyl (C=O) groups is 1. The summed E-state index contributed by atoms with van der Waals surface area (Å²) < 4.78 is 15.9. The van der Waals surface area contributed by atoms with Crippen LogP contribution in [-0.2, 0) is 17.6 Å². The van der Waals surface area contributed by atoms with Crippen molar-refractivity contribution < 1.29 is 19.0 Å². The molecule has 3 rings (SSSR count). The van der Waals surface area contributed by atoms with E-state index in [4.69, 9.17) is 14.2 Å². The molecule has 27 heavy (non-hydrogen) atoms. The molecule has 2 N–H and O–H groups in total. The third-order valence-corrected chi connectivity index (χ3v) is 4.78. The van der Waals surface area contributed by atoms with Gasteiger partial charge in [-0.05, 0) is 42.9 Å². The van der Waals surface area contributed by atoms with E-state index in [1.807, 2.05) is 12.1 Å². The van der Waals surface area contributed by atoms with Crippen LogP contribution in [0, 0.1) is 0 Å². The van der Waals surface area contributed by atoms with Gasteiger partial charge in [-0.15, -0.1) is 0 Å². The van der Waals surface area contributed by atoms with Gasteiger partial charge in [-0.3, -0.25) is 4.79 Å². The molecule has 0 saturated carbocycles. The molecule has 0 radical (unpaired) electrons. The first-order valence-electron chi connectivity index (χ1n) is 9.10. The van der Waals surface area contributed by atoms with E-state index in [9.17, 15) is 4.79 Å². The molecule has 6 heteroatoms. The largest absolute Gasteiger partial charge is 0.493 e. The summed E-state index contributed by atoms with van der Waals surface area (Å²) in [6.07, 6.45) is 4.61. The molecule has 0 fully saturated rings. The fourth-order valence-corrected chi connectivity index (χ4v) is 3.48.